The molecule has 0 saturated carbocycles. The van der Waals surface area contributed by atoms with Crippen molar-refractivity contribution in [3.8, 4) is 0 Å². The molecular formula is C33H42O7. The summed E-state index contributed by atoms with van der Waals surface area (Å²) in [6.45, 7) is 23.8. The smallest absolute Gasteiger partial charge is 0.126 e. The van der Waals surface area contributed by atoms with Crippen molar-refractivity contribution >= 4 is 10.8 Å². The summed E-state index contributed by atoms with van der Waals surface area (Å²) in [4.78, 5) is 0. The molecule has 7 heteroatoms. The van der Waals surface area contributed by atoms with Crippen molar-refractivity contribution in [2.45, 2.75) is 44.4 Å². The molecule has 216 valence electrons. The molecule has 0 aromatic heterocycles. The average molecular weight is 551 g/mol. The summed E-state index contributed by atoms with van der Waals surface area (Å²) in [7, 11) is 0. The highest BCUT2D eigenvalue weighted by Gasteiger charge is 2.48. The monoisotopic (exact) mass is 550 g/mol. The molecule has 2 fully saturated rings. The van der Waals surface area contributed by atoms with Gasteiger partial charge in [-0.05, 0) is 28.3 Å². The van der Waals surface area contributed by atoms with Gasteiger partial charge in [-0.25, -0.2) is 0 Å². The van der Waals surface area contributed by atoms with Crippen molar-refractivity contribution in [3.63, 3.8) is 0 Å². The lowest BCUT2D eigenvalue weighted by atomic mass is 9.88. The minimum Gasteiger partial charge on any atom is -0.501 e. The molecule has 40 heavy (non-hydrogen) atoms. The molecule has 4 unspecified atom stereocenters. The second kappa shape index (κ2) is 19.0. The minimum atomic E-state index is 0.206. The van der Waals surface area contributed by atoms with Crippen LogP contribution in [-0.4, -0.2) is 38.1 Å². The Morgan fingerprint density at radius 3 is 1.57 bits per heavy atom. The van der Waals surface area contributed by atoms with E-state index in [0.717, 1.165) is 24.0 Å². The molecule has 2 heterocycles. The van der Waals surface area contributed by atoms with Crippen molar-refractivity contribution in [1.82, 2.24) is 0 Å². The lowest BCUT2D eigenvalue weighted by Crippen LogP contribution is -2.30. The Balaban J connectivity index is 0.000000227. The van der Waals surface area contributed by atoms with Gasteiger partial charge in [0.05, 0.1) is 56.4 Å². The lowest BCUT2D eigenvalue weighted by molar-refractivity contribution is 0.0442. The van der Waals surface area contributed by atoms with Gasteiger partial charge in [0.25, 0.3) is 0 Å². The Labute approximate surface area is 238 Å². The van der Waals surface area contributed by atoms with Gasteiger partial charge in [-0.1, -0.05) is 75.9 Å². The van der Waals surface area contributed by atoms with Crippen molar-refractivity contribution in [2.24, 2.45) is 5.92 Å². The van der Waals surface area contributed by atoms with Gasteiger partial charge in [-0.2, -0.15) is 0 Å². The van der Waals surface area contributed by atoms with E-state index >= 15 is 0 Å². The van der Waals surface area contributed by atoms with Gasteiger partial charge >= 0.3 is 0 Å². The standard InChI is InChI=1S/C16H16O2.C11H16O3.C6H10O2/c1-3-17-11-13-9-10-14(12-18-4-2)16-8-6-5-7-15(13)16;1-3-12-7-8-5-11-10(13-4-2)6-9(8)14-11;1-3-7-5-6-8-4-2/h3-10H,1-2,11-12H2;3-4,8-11H,1-2,5-7H2;3-4H,1-2,5-6H2. The molecule has 2 saturated heterocycles. The summed E-state index contributed by atoms with van der Waals surface area (Å²) in [6, 6.07) is 12.4. The Morgan fingerprint density at radius 2 is 1.15 bits per heavy atom. The topological polar surface area (TPSA) is 64.6 Å². The minimum absolute atomic E-state index is 0.206. The maximum Gasteiger partial charge on any atom is 0.126 e. The van der Waals surface area contributed by atoms with Crippen molar-refractivity contribution in [2.75, 3.05) is 19.8 Å². The lowest BCUT2D eigenvalue weighted by Gasteiger charge is -2.23. The van der Waals surface area contributed by atoms with E-state index in [1.165, 1.54) is 48.3 Å². The van der Waals surface area contributed by atoms with Crippen LogP contribution in [0.5, 0.6) is 0 Å². The molecule has 0 spiro atoms. The summed E-state index contributed by atoms with van der Waals surface area (Å²) in [5.41, 5.74) is 2.29. The maximum atomic E-state index is 5.76. The van der Waals surface area contributed by atoms with Gasteiger partial charge in [0.2, 0.25) is 0 Å². The number of rotatable bonds is 16. The second-order valence-electron chi connectivity index (χ2n) is 8.75. The van der Waals surface area contributed by atoms with Crippen LogP contribution in [0, 0.1) is 5.92 Å². The van der Waals surface area contributed by atoms with Crippen molar-refractivity contribution in [1.29, 1.82) is 0 Å². The zero-order valence-corrected chi connectivity index (χ0v) is 23.3. The van der Waals surface area contributed by atoms with E-state index in [0.29, 0.717) is 45.1 Å². The first-order valence-electron chi connectivity index (χ1n) is 13.2. The third-order valence-electron chi connectivity index (χ3n) is 6.36. The molecule has 0 aliphatic carbocycles. The van der Waals surface area contributed by atoms with Crippen LogP contribution in [0.4, 0.5) is 0 Å². The van der Waals surface area contributed by atoms with E-state index in [4.69, 9.17) is 33.2 Å². The largest absolute Gasteiger partial charge is 0.501 e. The molecule has 2 aliphatic heterocycles. The number of ether oxygens (including phenoxy) is 7. The number of fused-ring (bicyclic) bond motifs is 3. The Bertz CT molecular complexity index is 1020. The van der Waals surface area contributed by atoms with E-state index in [9.17, 15) is 0 Å². The summed E-state index contributed by atoms with van der Waals surface area (Å²) in [5.74, 6) is 0.502. The van der Waals surface area contributed by atoms with Gasteiger partial charge in [-0.15, -0.1) is 0 Å². The molecule has 2 bridgehead atoms. The van der Waals surface area contributed by atoms with Crippen LogP contribution in [-0.2, 0) is 46.4 Å². The Hall–Kier alpha value is -4.10. The first kappa shape index (κ1) is 32.1. The van der Waals surface area contributed by atoms with E-state index in [-0.39, 0.29) is 12.2 Å². The fraction of sp³-hybridized carbons (Fsp3) is 0.333. The molecule has 2 aromatic carbocycles. The summed E-state index contributed by atoms with van der Waals surface area (Å²) in [5, 5.41) is 2.37. The van der Waals surface area contributed by atoms with Crippen LogP contribution in [0.3, 0.4) is 0 Å². The molecule has 2 aliphatic rings. The van der Waals surface area contributed by atoms with Crippen molar-refractivity contribution in [3.05, 3.63) is 125 Å². The SMILES string of the molecule is C=COCC1CC2OC1CC2OC=C.C=COCCOC=C.C=COCc1ccc(COC=C)c2ccccc12. The van der Waals surface area contributed by atoms with Crippen molar-refractivity contribution < 1.29 is 33.2 Å². The van der Waals surface area contributed by atoms with E-state index in [1.54, 1.807) is 0 Å². The third kappa shape index (κ3) is 10.2. The molecule has 4 rings (SSSR count). The van der Waals surface area contributed by atoms with Crippen LogP contribution < -0.4 is 0 Å². The van der Waals surface area contributed by atoms with Crippen LogP contribution in [0.15, 0.2) is 113 Å². The molecule has 0 radical (unpaired) electrons. The summed E-state index contributed by atoms with van der Waals surface area (Å²) < 4.78 is 36.3. The summed E-state index contributed by atoms with van der Waals surface area (Å²) >= 11 is 0. The zero-order valence-electron chi connectivity index (χ0n) is 23.3. The van der Waals surface area contributed by atoms with Gasteiger partial charge in [-0.3, -0.25) is 0 Å². The fourth-order valence-corrected chi connectivity index (χ4v) is 4.58. The van der Waals surface area contributed by atoms with Gasteiger partial charge < -0.3 is 33.2 Å². The van der Waals surface area contributed by atoms with Gasteiger partial charge in [0, 0.05) is 12.3 Å². The van der Waals surface area contributed by atoms with E-state index < -0.39 is 0 Å². The van der Waals surface area contributed by atoms with Crippen LogP contribution >= 0.6 is 0 Å². The second-order valence-corrected chi connectivity index (χ2v) is 8.75. The van der Waals surface area contributed by atoms with Gasteiger partial charge in [0.15, 0.2) is 0 Å². The Morgan fingerprint density at radius 1 is 0.625 bits per heavy atom. The zero-order chi connectivity index (χ0) is 29.0. The van der Waals surface area contributed by atoms with Crippen LogP contribution in [0.2, 0.25) is 0 Å². The third-order valence-corrected chi connectivity index (χ3v) is 6.36. The van der Waals surface area contributed by atoms with Gasteiger partial charge in [0.1, 0.15) is 32.5 Å². The molecule has 0 amide bonds. The fourth-order valence-electron chi connectivity index (χ4n) is 4.58. The normalized spacial score (nSPS) is 19.8. The average Bonchev–Trinajstić information content (AvgIpc) is 3.58. The molecule has 0 N–H and O–H groups in total. The molecule has 2 aromatic rings. The predicted molar refractivity (Wildman–Crippen MR) is 159 cm³/mol. The first-order chi connectivity index (χ1) is 19.6. The van der Waals surface area contributed by atoms with E-state index in [1.807, 2.05) is 12.1 Å². The first-order valence-corrected chi connectivity index (χ1v) is 13.2. The summed E-state index contributed by atoms with van der Waals surface area (Å²) in [6.07, 6.45) is 11.4. The highest BCUT2D eigenvalue weighted by molar-refractivity contribution is 5.88. The predicted octanol–water partition coefficient (Wildman–Crippen LogP) is 7.32. The molecular weight excluding hydrogens is 508 g/mol. The Kier molecular flexibility index (Phi) is 15.3. The number of hydrogen-bond donors (Lipinski definition) is 0. The molecule has 7 nitrogen and oxygen atoms in total. The quantitative estimate of drug-likeness (QED) is 0.160. The highest BCUT2D eigenvalue weighted by Crippen LogP contribution is 2.40. The molecule has 4 atom stereocenters. The van der Waals surface area contributed by atoms with Crippen LogP contribution in [0.25, 0.3) is 10.8 Å². The maximum absolute atomic E-state index is 5.76. The van der Waals surface area contributed by atoms with Crippen LogP contribution in [0.1, 0.15) is 24.0 Å². The highest BCUT2D eigenvalue weighted by atomic mass is 16.6. The van der Waals surface area contributed by atoms with E-state index in [2.05, 4.69) is 63.7 Å². The number of benzene rings is 2. The number of hydrogen-bond acceptors (Lipinski definition) is 7.